The molecule has 1 aromatic carbocycles. The lowest BCUT2D eigenvalue weighted by Gasteiger charge is -2.36. The van der Waals surface area contributed by atoms with Crippen LogP contribution in [0.1, 0.15) is 32.1 Å². The number of hydrogen-bond donors (Lipinski definition) is 1. The van der Waals surface area contributed by atoms with Crippen molar-refractivity contribution < 1.29 is 0 Å². The van der Waals surface area contributed by atoms with E-state index < -0.39 is 0 Å². The lowest BCUT2D eigenvalue weighted by molar-refractivity contribution is 0.214. The molecule has 0 bridgehead atoms. The van der Waals surface area contributed by atoms with Crippen LogP contribution in [0.2, 0.25) is 0 Å². The molecule has 0 saturated heterocycles. The Morgan fingerprint density at radius 1 is 1.22 bits per heavy atom. The quantitative estimate of drug-likeness (QED) is 0.904. The number of nitrogens with zero attached hydrogens (tertiary/aromatic N) is 1. The molecule has 0 radical (unpaired) electrons. The molecule has 96 valence electrons. The van der Waals surface area contributed by atoms with Crippen LogP contribution in [0.15, 0.2) is 29.1 Å². The Labute approximate surface area is 110 Å². The largest absolute Gasteiger partial charge is 0.328 e. The van der Waals surface area contributed by atoms with Crippen LogP contribution in [0.3, 0.4) is 0 Å². The number of benzene rings is 1. The van der Waals surface area contributed by atoms with Crippen molar-refractivity contribution in [2.75, 3.05) is 6.54 Å². The van der Waals surface area contributed by atoms with Gasteiger partial charge in [0.05, 0.1) is 15.6 Å². The van der Waals surface area contributed by atoms with Crippen molar-refractivity contribution in [2.45, 2.75) is 37.6 Å². The molecule has 1 aromatic heterocycles. The molecule has 1 fully saturated rings. The van der Waals surface area contributed by atoms with Crippen LogP contribution in [0, 0.1) is 0 Å². The Morgan fingerprint density at radius 3 is 2.61 bits per heavy atom. The average Bonchev–Trinajstić information content (AvgIpc) is 2.78. The Bertz CT molecular complexity index is 608. The van der Waals surface area contributed by atoms with Crippen LogP contribution in [0.5, 0.6) is 0 Å². The highest BCUT2D eigenvalue weighted by molar-refractivity contribution is 7.13. The third-order valence-corrected chi connectivity index (χ3v) is 5.37. The Hall–Kier alpha value is -1.13. The lowest BCUT2D eigenvalue weighted by atomic mass is 9.82. The van der Waals surface area contributed by atoms with Gasteiger partial charge < -0.3 is 5.73 Å². The van der Waals surface area contributed by atoms with Crippen molar-refractivity contribution in [1.29, 1.82) is 0 Å². The summed E-state index contributed by atoms with van der Waals surface area (Å²) in [4.78, 5) is 12.5. The molecule has 3 nitrogen and oxygen atoms in total. The first-order valence-electron chi connectivity index (χ1n) is 6.58. The fourth-order valence-electron chi connectivity index (χ4n) is 2.98. The van der Waals surface area contributed by atoms with Crippen molar-refractivity contribution in [2.24, 2.45) is 5.73 Å². The smallest absolute Gasteiger partial charge is 0.269 e. The van der Waals surface area contributed by atoms with Gasteiger partial charge in [-0.1, -0.05) is 42.9 Å². The van der Waals surface area contributed by atoms with Crippen molar-refractivity contribution in [3.05, 3.63) is 34.6 Å². The van der Waals surface area contributed by atoms with Gasteiger partial charge in [-0.3, -0.25) is 8.75 Å². The second-order valence-electron chi connectivity index (χ2n) is 5.18. The predicted octanol–water partition coefficient (Wildman–Crippen LogP) is 2.68. The van der Waals surface area contributed by atoms with Gasteiger partial charge >= 0.3 is 0 Å². The molecule has 0 spiro atoms. The summed E-state index contributed by atoms with van der Waals surface area (Å²) < 4.78 is 3.03. The van der Waals surface area contributed by atoms with Gasteiger partial charge in [-0.15, -0.1) is 0 Å². The van der Waals surface area contributed by atoms with Gasteiger partial charge in [0.25, 0.3) is 5.56 Å². The minimum atomic E-state index is -0.126. The minimum absolute atomic E-state index is 0.126. The van der Waals surface area contributed by atoms with E-state index >= 15 is 0 Å². The summed E-state index contributed by atoms with van der Waals surface area (Å²) in [5, 5.41) is 0.834. The van der Waals surface area contributed by atoms with Crippen LogP contribution in [-0.4, -0.2) is 10.5 Å². The lowest BCUT2D eigenvalue weighted by Crippen LogP contribution is -2.45. The number of nitrogens with two attached hydrogens (primary N) is 1. The third kappa shape index (κ3) is 1.71. The van der Waals surface area contributed by atoms with Gasteiger partial charge in [0.1, 0.15) is 0 Å². The van der Waals surface area contributed by atoms with Gasteiger partial charge in [0, 0.05) is 6.54 Å². The van der Waals surface area contributed by atoms with E-state index in [1.165, 1.54) is 19.3 Å². The SMILES string of the molecule is NCC1(n2sc3ccccc3c2=O)CCCCC1. The monoisotopic (exact) mass is 262 g/mol. The van der Waals surface area contributed by atoms with E-state index in [9.17, 15) is 4.79 Å². The highest BCUT2D eigenvalue weighted by Crippen LogP contribution is 2.35. The first-order chi connectivity index (χ1) is 8.77. The highest BCUT2D eigenvalue weighted by Gasteiger charge is 2.34. The van der Waals surface area contributed by atoms with Crippen molar-refractivity contribution in [3.8, 4) is 0 Å². The summed E-state index contributed by atoms with van der Waals surface area (Å²) >= 11 is 1.58. The van der Waals surface area contributed by atoms with E-state index in [1.807, 2.05) is 28.2 Å². The zero-order chi connectivity index (χ0) is 12.6. The number of rotatable bonds is 2. The summed E-state index contributed by atoms with van der Waals surface area (Å²) in [6, 6.07) is 7.85. The normalized spacial score (nSPS) is 19.2. The van der Waals surface area contributed by atoms with Gasteiger partial charge in [-0.2, -0.15) is 0 Å². The van der Waals surface area contributed by atoms with Crippen LogP contribution in [-0.2, 0) is 5.54 Å². The standard InChI is InChI=1S/C14H18N2OS/c15-10-14(8-4-1-5-9-14)16-13(17)11-6-2-3-7-12(11)18-16/h2-3,6-7H,1,4-5,8-10,15H2. The van der Waals surface area contributed by atoms with Crippen molar-refractivity contribution in [3.63, 3.8) is 0 Å². The van der Waals surface area contributed by atoms with Gasteiger partial charge in [0.2, 0.25) is 0 Å². The predicted molar refractivity (Wildman–Crippen MR) is 76.2 cm³/mol. The molecule has 2 N–H and O–H groups in total. The number of hydrogen-bond acceptors (Lipinski definition) is 3. The molecule has 1 heterocycles. The van der Waals surface area contributed by atoms with Crippen LogP contribution < -0.4 is 11.3 Å². The molecule has 18 heavy (non-hydrogen) atoms. The molecule has 2 aromatic rings. The fourth-order valence-corrected chi connectivity index (χ4v) is 4.21. The van der Waals surface area contributed by atoms with E-state index in [0.717, 1.165) is 22.9 Å². The molecule has 1 saturated carbocycles. The molecular weight excluding hydrogens is 244 g/mol. The van der Waals surface area contributed by atoms with Crippen LogP contribution in [0.4, 0.5) is 0 Å². The van der Waals surface area contributed by atoms with Crippen molar-refractivity contribution in [1.82, 2.24) is 3.96 Å². The average molecular weight is 262 g/mol. The number of fused-ring (bicyclic) bond motifs is 1. The van der Waals surface area contributed by atoms with Gasteiger partial charge in [0.15, 0.2) is 0 Å². The summed E-state index contributed by atoms with van der Waals surface area (Å²) in [5.74, 6) is 0. The summed E-state index contributed by atoms with van der Waals surface area (Å²) in [7, 11) is 0. The maximum atomic E-state index is 12.5. The molecule has 0 amide bonds. The maximum Gasteiger partial charge on any atom is 0.269 e. The maximum absolute atomic E-state index is 12.5. The molecule has 0 unspecified atom stereocenters. The second kappa shape index (κ2) is 4.52. The molecule has 1 aliphatic carbocycles. The summed E-state index contributed by atoms with van der Waals surface area (Å²) in [6.45, 7) is 0.569. The first kappa shape index (κ1) is 11.9. The highest BCUT2D eigenvalue weighted by atomic mass is 32.1. The zero-order valence-corrected chi connectivity index (χ0v) is 11.2. The Kier molecular flexibility index (Phi) is 2.99. The molecule has 1 aliphatic rings. The Balaban J connectivity index is 2.18. The molecule has 0 atom stereocenters. The van der Waals surface area contributed by atoms with E-state index in [2.05, 4.69) is 0 Å². The first-order valence-corrected chi connectivity index (χ1v) is 7.36. The molecule has 3 rings (SSSR count). The van der Waals surface area contributed by atoms with E-state index in [1.54, 1.807) is 11.5 Å². The van der Waals surface area contributed by atoms with Gasteiger partial charge in [-0.25, -0.2) is 0 Å². The van der Waals surface area contributed by atoms with Crippen LogP contribution >= 0.6 is 11.5 Å². The Morgan fingerprint density at radius 2 is 1.94 bits per heavy atom. The topological polar surface area (TPSA) is 48.0 Å². The van der Waals surface area contributed by atoms with E-state index in [0.29, 0.717) is 6.54 Å². The van der Waals surface area contributed by atoms with E-state index in [-0.39, 0.29) is 11.1 Å². The molecule has 4 heteroatoms. The van der Waals surface area contributed by atoms with Gasteiger partial charge in [-0.05, 0) is 25.0 Å². The van der Waals surface area contributed by atoms with Crippen LogP contribution in [0.25, 0.3) is 10.1 Å². The third-order valence-electron chi connectivity index (χ3n) is 4.09. The zero-order valence-electron chi connectivity index (χ0n) is 10.4. The minimum Gasteiger partial charge on any atom is -0.328 e. The number of aromatic nitrogens is 1. The van der Waals surface area contributed by atoms with E-state index in [4.69, 9.17) is 5.73 Å². The van der Waals surface area contributed by atoms with Crippen molar-refractivity contribution >= 4 is 21.6 Å². The summed E-state index contributed by atoms with van der Waals surface area (Å²) in [6.07, 6.45) is 5.70. The summed E-state index contributed by atoms with van der Waals surface area (Å²) in [5.41, 5.74) is 6.02. The fraction of sp³-hybridized carbons (Fsp3) is 0.500. The second-order valence-corrected chi connectivity index (χ2v) is 6.16. The molecule has 0 aliphatic heterocycles. The molecular formula is C14H18N2OS.